The van der Waals surface area contributed by atoms with Crippen molar-refractivity contribution in [1.82, 2.24) is 0 Å². The number of esters is 1. The molecule has 1 aromatic carbocycles. The third-order valence-corrected chi connectivity index (χ3v) is 2.79. The van der Waals surface area contributed by atoms with Gasteiger partial charge in [0.15, 0.2) is 0 Å². The molecule has 1 aromatic rings. The first-order chi connectivity index (χ1) is 8.27. The monoisotopic (exact) mass is 234 g/mol. The standard InChI is InChI=1S/C15H22O2/c1-3-8-14(12-15(16)17-11-4-2)13-9-6-5-7-10-13/h5-7,9-10,14H,3-4,8,11-12H2,1-2H3. The van der Waals surface area contributed by atoms with E-state index in [1.807, 2.05) is 25.1 Å². The van der Waals surface area contributed by atoms with Gasteiger partial charge in [0.2, 0.25) is 0 Å². The van der Waals surface area contributed by atoms with Crippen LogP contribution >= 0.6 is 0 Å². The number of carbonyl (C=O) groups excluding carboxylic acids is 1. The SMILES string of the molecule is CCCOC(=O)CC(CCC)c1ccccc1. The van der Waals surface area contributed by atoms with Crippen LogP contribution in [-0.4, -0.2) is 12.6 Å². The summed E-state index contributed by atoms with van der Waals surface area (Å²) >= 11 is 0. The fourth-order valence-electron chi connectivity index (χ4n) is 1.94. The van der Waals surface area contributed by atoms with E-state index in [9.17, 15) is 4.79 Å². The molecule has 0 aliphatic rings. The number of hydrogen-bond acceptors (Lipinski definition) is 2. The van der Waals surface area contributed by atoms with Crippen molar-refractivity contribution >= 4 is 5.97 Å². The Balaban J connectivity index is 2.57. The predicted octanol–water partition coefficient (Wildman–Crippen LogP) is 3.91. The maximum Gasteiger partial charge on any atom is 0.306 e. The lowest BCUT2D eigenvalue weighted by Gasteiger charge is -2.15. The molecule has 17 heavy (non-hydrogen) atoms. The average Bonchev–Trinajstić information content (AvgIpc) is 2.37. The quantitative estimate of drug-likeness (QED) is 0.668. The van der Waals surface area contributed by atoms with Gasteiger partial charge in [-0.15, -0.1) is 0 Å². The predicted molar refractivity (Wildman–Crippen MR) is 70.0 cm³/mol. The zero-order chi connectivity index (χ0) is 12.5. The molecular weight excluding hydrogens is 212 g/mol. The summed E-state index contributed by atoms with van der Waals surface area (Å²) in [5.41, 5.74) is 1.24. The highest BCUT2D eigenvalue weighted by molar-refractivity contribution is 5.70. The van der Waals surface area contributed by atoms with Crippen molar-refractivity contribution in [1.29, 1.82) is 0 Å². The van der Waals surface area contributed by atoms with Crippen molar-refractivity contribution in [2.24, 2.45) is 0 Å². The van der Waals surface area contributed by atoms with Crippen molar-refractivity contribution in [2.45, 2.75) is 45.4 Å². The van der Waals surface area contributed by atoms with E-state index in [0.29, 0.717) is 18.9 Å². The van der Waals surface area contributed by atoms with E-state index >= 15 is 0 Å². The zero-order valence-electron chi connectivity index (χ0n) is 10.8. The van der Waals surface area contributed by atoms with Gasteiger partial charge in [0, 0.05) is 0 Å². The summed E-state index contributed by atoms with van der Waals surface area (Å²) in [6, 6.07) is 10.2. The Hall–Kier alpha value is -1.31. The number of ether oxygens (including phenoxy) is 1. The Kier molecular flexibility index (Phi) is 6.38. The Labute approximate surface area is 104 Å². The Morgan fingerprint density at radius 2 is 1.88 bits per heavy atom. The third-order valence-electron chi connectivity index (χ3n) is 2.79. The van der Waals surface area contributed by atoms with Gasteiger partial charge in [-0.05, 0) is 24.3 Å². The van der Waals surface area contributed by atoms with Gasteiger partial charge in [0.05, 0.1) is 13.0 Å². The second-order valence-electron chi connectivity index (χ2n) is 4.32. The van der Waals surface area contributed by atoms with Gasteiger partial charge in [0.25, 0.3) is 0 Å². The van der Waals surface area contributed by atoms with Crippen LogP contribution in [0.2, 0.25) is 0 Å². The van der Waals surface area contributed by atoms with Crippen LogP contribution in [0, 0.1) is 0 Å². The van der Waals surface area contributed by atoms with E-state index in [-0.39, 0.29) is 5.97 Å². The fraction of sp³-hybridized carbons (Fsp3) is 0.533. The van der Waals surface area contributed by atoms with E-state index in [1.165, 1.54) is 5.56 Å². The van der Waals surface area contributed by atoms with Crippen LogP contribution in [0.1, 0.15) is 51.0 Å². The minimum Gasteiger partial charge on any atom is -0.466 e. The van der Waals surface area contributed by atoms with Gasteiger partial charge in [-0.1, -0.05) is 50.6 Å². The lowest BCUT2D eigenvalue weighted by atomic mass is 9.91. The second kappa shape index (κ2) is 7.88. The molecule has 0 radical (unpaired) electrons. The molecule has 0 spiro atoms. The number of hydrogen-bond donors (Lipinski definition) is 0. The molecule has 0 N–H and O–H groups in total. The first kappa shape index (κ1) is 13.8. The Morgan fingerprint density at radius 3 is 2.47 bits per heavy atom. The van der Waals surface area contributed by atoms with E-state index in [4.69, 9.17) is 4.74 Å². The molecule has 0 heterocycles. The molecule has 0 fully saturated rings. The van der Waals surface area contributed by atoms with Crippen LogP contribution in [0.3, 0.4) is 0 Å². The summed E-state index contributed by atoms with van der Waals surface area (Å²) in [6.07, 6.45) is 3.50. The topological polar surface area (TPSA) is 26.3 Å². The zero-order valence-corrected chi connectivity index (χ0v) is 10.8. The molecule has 2 heteroatoms. The van der Waals surface area contributed by atoms with Gasteiger partial charge in [-0.2, -0.15) is 0 Å². The summed E-state index contributed by atoms with van der Waals surface area (Å²) in [5, 5.41) is 0. The molecule has 0 saturated carbocycles. The van der Waals surface area contributed by atoms with E-state index in [2.05, 4.69) is 19.1 Å². The molecule has 94 valence electrons. The van der Waals surface area contributed by atoms with Crippen molar-refractivity contribution in [3.05, 3.63) is 35.9 Å². The summed E-state index contributed by atoms with van der Waals surface area (Å²) < 4.78 is 5.15. The largest absolute Gasteiger partial charge is 0.466 e. The molecule has 0 saturated heterocycles. The first-order valence-electron chi connectivity index (χ1n) is 6.48. The molecule has 1 unspecified atom stereocenters. The third kappa shape index (κ3) is 5.03. The van der Waals surface area contributed by atoms with Crippen LogP contribution < -0.4 is 0 Å². The normalized spacial score (nSPS) is 12.1. The second-order valence-corrected chi connectivity index (χ2v) is 4.32. The lowest BCUT2D eigenvalue weighted by Crippen LogP contribution is -2.11. The number of carbonyl (C=O) groups is 1. The molecule has 0 aromatic heterocycles. The summed E-state index contributed by atoms with van der Waals surface area (Å²) in [5.74, 6) is 0.222. The number of benzene rings is 1. The van der Waals surface area contributed by atoms with Gasteiger partial charge in [-0.3, -0.25) is 4.79 Å². The van der Waals surface area contributed by atoms with Gasteiger partial charge < -0.3 is 4.74 Å². The minimum absolute atomic E-state index is 0.0749. The number of rotatable bonds is 7. The van der Waals surface area contributed by atoms with Crippen LogP contribution in [0.25, 0.3) is 0 Å². The molecular formula is C15H22O2. The fourth-order valence-corrected chi connectivity index (χ4v) is 1.94. The maximum atomic E-state index is 11.6. The van der Waals surface area contributed by atoms with Gasteiger partial charge in [-0.25, -0.2) is 0 Å². The van der Waals surface area contributed by atoms with Crippen molar-refractivity contribution < 1.29 is 9.53 Å². The molecule has 0 bridgehead atoms. The van der Waals surface area contributed by atoms with Crippen LogP contribution in [0.4, 0.5) is 0 Å². The van der Waals surface area contributed by atoms with E-state index < -0.39 is 0 Å². The van der Waals surface area contributed by atoms with Crippen LogP contribution in [0.5, 0.6) is 0 Å². The van der Waals surface area contributed by atoms with E-state index in [1.54, 1.807) is 0 Å². The maximum absolute atomic E-state index is 11.6. The Bertz CT molecular complexity index is 319. The molecule has 2 nitrogen and oxygen atoms in total. The first-order valence-corrected chi connectivity index (χ1v) is 6.48. The molecule has 0 aliphatic heterocycles. The molecule has 0 aliphatic carbocycles. The summed E-state index contributed by atoms with van der Waals surface area (Å²) in [7, 11) is 0. The molecule has 1 rings (SSSR count). The lowest BCUT2D eigenvalue weighted by molar-refractivity contribution is -0.144. The summed E-state index contributed by atoms with van der Waals surface area (Å²) in [4.78, 5) is 11.6. The highest BCUT2D eigenvalue weighted by Crippen LogP contribution is 2.25. The smallest absolute Gasteiger partial charge is 0.306 e. The highest BCUT2D eigenvalue weighted by atomic mass is 16.5. The minimum atomic E-state index is -0.0749. The average molecular weight is 234 g/mol. The van der Waals surface area contributed by atoms with Crippen LogP contribution in [0.15, 0.2) is 30.3 Å². The highest BCUT2D eigenvalue weighted by Gasteiger charge is 2.15. The van der Waals surface area contributed by atoms with Crippen molar-refractivity contribution in [3.63, 3.8) is 0 Å². The van der Waals surface area contributed by atoms with Crippen molar-refractivity contribution in [2.75, 3.05) is 6.61 Å². The van der Waals surface area contributed by atoms with Gasteiger partial charge >= 0.3 is 5.97 Å². The Morgan fingerprint density at radius 1 is 1.18 bits per heavy atom. The molecule has 1 atom stereocenters. The van der Waals surface area contributed by atoms with Gasteiger partial charge in [0.1, 0.15) is 0 Å². The molecule has 0 amide bonds. The van der Waals surface area contributed by atoms with Crippen LogP contribution in [-0.2, 0) is 9.53 Å². The van der Waals surface area contributed by atoms with E-state index in [0.717, 1.165) is 19.3 Å². The summed E-state index contributed by atoms with van der Waals surface area (Å²) in [6.45, 7) is 4.69. The van der Waals surface area contributed by atoms with Crippen molar-refractivity contribution in [3.8, 4) is 0 Å².